The molecule has 2 N–H and O–H groups in total. The summed E-state index contributed by atoms with van der Waals surface area (Å²) in [7, 11) is -3.27. The van der Waals surface area contributed by atoms with Crippen LogP contribution in [0.2, 0.25) is 0 Å². The molecule has 8 heteroatoms. The van der Waals surface area contributed by atoms with Crippen LogP contribution in [0.4, 0.5) is 4.79 Å². The molecule has 1 saturated heterocycles. The largest absolute Gasteiger partial charge is 0.466 e. The standard InChI is InChI=1S/C19H31N3O4S/c1-13-9-15-16(10-19(2,3)11-17(15)26-13)21-18(23)22-8-6-5-7-14(22)12-20-27(4,24)25/h9,14,16,20H,5-8,10-12H2,1-4H3,(H,21,23)/t14-,16+/m1/s1. The Bertz CT molecular complexity index is 800. The Balaban J connectivity index is 1.73. The van der Waals surface area contributed by atoms with E-state index in [4.69, 9.17) is 4.42 Å². The summed E-state index contributed by atoms with van der Waals surface area (Å²) in [4.78, 5) is 14.8. The van der Waals surface area contributed by atoms with Crippen LogP contribution in [-0.2, 0) is 16.4 Å². The van der Waals surface area contributed by atoms with Crippen molar-refractivity contribution in [2.75, 3.05) is 19.3 Å². The number of fused-ring (bicyclic) bond motifs is 1. The number of nitrogens with one attached hydrogen (secondary N) is 2. The van der Waals surface area contributed by atoms with Gasteiger partial charge in [-0.15, -0.1) is 0 Å². The van der Waals surface area contributed by atoms with Crippen molar-refractivity contribution >= 4 is 16.1 Å². The van der Waals surface area contributed by atoms with Crippen LogP contribution in [0.3, 0.4) is 0 Å². The molecule has 2 atom stereocenters. The monoisotopic (exact) mass is 397 g/mol. The van der Waals surface area contributed by atoms with E-state index in [1.165, 1.54) is 0 Å². The van der Waals surface area contributed by atoms with Gasteiger partial charge in [-0.25, -0.2) is 17.9 Å². The zero-order valence-electron chi connectivity index (χ0n) is 16.7. The van der Waals surface area contributed by atoms with Crippen LogP contribution in [0.15, 0.2) is 10.5 Å². The minimum Gasteiger partial charge on any atom is -0.466 e. The third kappa shape index (κ3) is 5.04. The second-order valence-corrected chi connectivity index (χ2v) is 10.6. The van der Waals surface area contributed by atoms with E-state index in [9.17, 15) is 13.2 Å². The molecule has 2 amide bonds. The van der Waals surface area contributed by atoms with Crippen molar-refractivity contribution in [1.82, 2.24) is 14.9 Å². The van der Waals surface area contributed by atoms with E-state index in [1.807, 2.05) is 13.0 Å². The summed E-state index contributed by atoms with van der Waals surface area (Å²) in [5.41, 5.74) is 1.12. The highest BCUT2D eigenvalue weighted by atomic mass is 32.2. The lowest BCUT2D eigenvalue weighted by Gasteiger charge is -2.39. The molecule has 1 aromatic rings. The average molecular weight is 398 g/mol. The molecule has 2 heterocycles. The van der Waals surface area contributed by atoms with Crippen LogP contribution in [-0.4, -0.2) is 44.7 Å². The smallest absolute Gasteiger partial charge is 0.318 e. The van der Waals surface area contributed by atoms with E-state index >= 15 is 0 Å². The highest BCUT2D eigenvalue weighted by molar-refractivity contribution is 7.88. The number of nitrogens with zero attached hydrogens (tertiary/aromatic N) is 1. The quantitative estimate of drug-likeness (QED) is 0.817. The highest BCUT2D eigenvalue weighted by Crippen LogP contribution is 2.42. The summed E-state index contributed by atoms with van der Waals surface area (Å²) in [5, 5.41) is 3.19. The predicted molar refractivity (Wildman–Crippen MR) is 104 cm³/mol. The van der Waals surface area contributed by atoms with Crippen molar-refractivity contribution < 1.29 is 17.6 Å². The molecule has 0 bridgehead atoms. The summed E-state index contributed by atoms with van der Waals surface area (Å²) >= 11 is 0. The third-order valence-corrected chi connectivity index (χ3v) is 6.19. The lowest BCUT2D eigenvalue weighted by Crippen LogP contribution is -2.53. The van der Waals surface area contributed by atoms with Gasteiger partial charge in [-0.2, -0.15) is 0 Å². The minimum atomic E-state index is -3.27. The Morgan fingerprint density at radius 3 is 2.81 bits per heavy atom. The second kappa shape index (κ2) is 7.47. The number of hydrogen-bond acceptors (Lipinski definition) is 4. The molecular weight excluding hydrogens is 366 g/mol. The molecule has 0 spiro atoms. The van der Waals surface area contributed by atoms with Crippen LogP contribution in [0.1, 0.15) is 62.7 Å². The molecule has 3 rings (SSSR count). The Kier molecular flexibility index (Phi) is 5.59. The minimum absolute atomic E-state index is 0.0500. The van der Waals surface area contributed by atoms with Crippen LogP contribution in [0, 0.1) is 12.3 Å². The molecule has 0 unspecified atom stereocenters. The summed E-state index contributed by atoms with van der Waals surface area (Å²) in [6.07, 6.45) is 5.61. The maximum absolute atomic E-state index is 13.0. The number of piperidine rings is 1. The first-order valence-electron chi connectivity index (χ1n) is 9.65. The van der Waals surface area contributed by atoms with E-state index in [1.54, 1.807) is 4.90 Å². The van der Waals surface area contributed by atoms with Crippen molar-refractivity contribution in [3.8, 4) is 0 Å². The predicted octanol–water partition coefficient (Wildman–Crippen LogP) is 2.71. The van der Waals surface area contributed by atoms with Crippen LogP contribution >= 0.6 is 0 Å². The highest BCUT2D eigenvalue weighted by Gasteiger charge is 2.37. The fourth-order valence-electron chi connectivity index (χ4n) is 4.27. The lowest BCUT2D eigenvalue weighted by atomic mass is 9.75. The number of furan rings is 1. The number of carbonyl (C=O) groups is 1. The van der Waals surface area contributed by atoms with Gasteiger partial charge in [-0.1, -0.05) is 13.8 Å². The number of aryl methyl sites for hydroxylation is 1. The fraction of sp³-hybridized carbons (Fsp3) is 0.737. The number of carbonyl (C=O) groups excluding carboxylic acids is 1. The Morgan fingerprint density at radius 1 is 1.37 bits per heavy atom. The van der Waals surface area contributed by atoms with Crippen molar-refractivity contribution in [3.63, 3.8) is 0 Å². The normalized spacial score (nSPS) is 25.1. The molecule has 0 saturated carbocycles. The van der Waals surface area contributed by atoms with Gasteiger partial charge in [0.05, 0.1) is 12.3 Å². The molecule has 1 fully saturated rings. The molecule has 1 aliphatic carbocycles. The van der Waals surface area contributed by atoms with Gasteiger partial charge in [0.25, 0.3) is 0 Å². The maximum Gasteiger partial charge on any atom is 0.318 e. The molecular formula is C19H31N3O4S. The van der Waals surface area contributed by atoms with Gasteiger partial charge in [0.1, 0.15) is 11.5 Å². The van der Waals surface area contributed by atoms with Crippen molar-refractivity contribution in [1.29, 1.82) is 0 Å². The molecule has 1 aromatic heterocycles. The summed E-state index contributed by atoms with van der Waals surface area (Å²) in [5.74, 6) is 1.83. The van der Waals surface area contributed by atoms with Crippen molar-refractivity contribution in [2.45, 2.75) is 65.0 Å². The molecule has 7 nitrogen and oxygen atoms in total. The first-order valence-corrected chi connectivity index (χ1v) is 11.5. The van der Waals surface area contributed by atoms with Gasteiger partial charge in [0, 0.05) is 31.1 Å². The zero-order chi connectivity index (χ0) is 19.8. The van der Waals surface area contributed by atoms with Crippen LogP contribution in [0.5, 0.6) is 0 Å². The number of hydrogen-bond donors (Lipinski definition) is 2. The maximum atomic E-state index is 13.0. The van der Waals surface area contributed by atoms with Gasteiger partial charge in [0.15, 0.2) is 0 Å². The van der Waals surface area contributed by atoms with Gasteiger partial charge in [-0.3, -0.25) is 0 Å². The molecule has 2 aliphatic rings. The zero-order valence-corrected chi connectivity index (χ0v) is 17.5. The molecule has 0 radical (unpaired) electrons. The van der Waals surface area contributed by atoms with Crippen molar-refractivity contribution in [2.24, 2.45) is 5.41 Å². The van der Waals surface area contributed by atoms with E-state index in [2.05, 4.69) is 23.9 Å². The fourth-order valence-corrected chi connectivity index (χ4v) is 4.77. The summed E-state index contributed by atoms with van der Waals surface area (Å²) < 4.78 is 31.3. The third-order valence-electron chi connectivity index (χ3n) is 5.50. The van der Waals surface area contributed by atoms with E-state index in [0.29, 0.717) is 6.54 Å². The van der Waals surface area contributed by atoms with Gasteiger partial charge < -0.3 is 14.6 Å². The van der Waals surface area contributed by atoms with Gasteiger partial charge in [0.2, 0.25) is 10.0 Å². The van der Waals surface area contributed by atoms with E-state index in [0.717, 1.165) is 55.4 Å². The van der Waals surface area contributed by atoms with E-state index in [-0.39, 0.29) is 30.1 Å². The first-order chi connectivity index (χ1) is 12.5. The molecule has 1 aliphatic heterocycles. The van der Waals surface area contributed by atoms with Crippen molar-refractivity contribution in [3.05, 3.63) is 23.2 Å². The molecule has 27 heavy (non-hydrogen) atoms. The Hall–Kier alpha value is -1.54. The number of amides is 2. The second-order valence-electron chi connectivity index (χ2n) is 8.75. The lowest BCUT2D eigenvalue weighted by molar-refractivity contribution is 0.143. The molecule has 152 valence electrons. The average Bonchev–Trinajstić information content (AvgIpc) is 2.91. The Morgan fingerprint density at radius 2 is 2.11 bits per heavy atom. The van der Waals surface area contributed by atoms with E-state index < -0.39 is 10.0 Å². The SMILES string of the molecule is Cc1cc2c(o1)CC(C)(C)C[C@@H]2NC(=O)N1CCCC[C@@H]1CNS(C)(=O)=O. The van der Waals surface area contributed by atoms with Gasteiger partial charge >= 0.3 is 6.03 Å². The summed E-state index contributed by atoms with van der Waals surface area (Å²) in [6, 6.07) is 1.70. The number of likely N-dealkylation sites (tertiary alicyclic amines) is 1. The number of rotatable bonds is 4. The number of sulfonamides is 1. The van der Waals surface area contributed by atoms with Gasteiger partial charge in [-0.05, 0) is 44.1 Å². The topological polar surface area (TPSA) is 91.7 Å². The Labute approximate surface area is 161 Å². The molecule has 0 aromatic carbocycles. The van der Waals surface area contributed by atoms with Crippen LogP contribution < -0.4 is 10.0 Å². The number of urea groups is 1. The first kappa shape index (κ1) is 20.2. The van der Waals surface area contributed by atoms with Crippen LogP contribution in [0.25, 0.3) is 0 Å². The summed E-state index contributed by atoms with van der Waals surface area (Å²) in [6.45, 7) is 7.22.